The number of nitrogens with two attached hydrogens (primary N) is 1. The zero-order chi connectivity index (χ0) is 15.4. The number of ether oxygens (including phenoxy) is 1. The zero-order valence-corrected chi connectivity index (χ0v) is 10.8. The molecule has 6 nitrogen and oxygen atoms in total. The fraction of sp³-hybridized carbons (Fsp3) is 0.0714. The molecule has 0 bridgehead atoms. The van der Waals surface area contributed by atoms with E-state index in [1.807, 2.05) is 0 Å². The first-order valence-electron chi connectivity index (χ1n) is 5.93. The highest BCUT2D eigenvalue weighted by atomic mass is 19.1. The first-order chi connectivity index (χ1) is 9.99. The monoisotopic (exact) mass is 290 g/mol. The Morgan fingerprint density at radius 2 is 2.00 bits per heavy atom. The van der Waals surface area contributed by atoms with Crippen LogP contribution in [0.4, 0.5) is 15.8 Å². The quantitative estimate of drug-likeness (QED) is 0.404. The molecule has 0 aromatic heterocycles. The molecule has 0 atom stereocenters. The Hall–Kier alpha value is -2.96. The molecule has 0 aliphatic carbocycles. The number of anilines is 1. The van der Waals surface area contributed by atoms with Crippen molar-refractivity contribution < 1.29 is 18.8 Å². The van der Waals surface area contributed by atoms with Gasteiger partial charge in [0.05, 0.1) is 10.5 Å². The third kappa shape index (κ3) is 3.33. The maximum Gasteiger partial charge on any atom is 0.338 e. The largest absolute Gasteiger partial charge is 0.457 e. The molecule has 0 heterocycles. The number of nitro groups is 1. The second-order valence-electron chi connectivity index (χ2n) is 4.20. The van der Waals surface area contributed by atoms with Gasteiger partial charge in [-0.3, -0.25) is 10.1 Å². The standard InChI is InChI=1S/C14H11FN2O4/c15-11-4-2-1-3-10(11)8-21-14(18)9-5-6-12(16)13(7-9)17(19)20/h1-7H,8,16H2. The molecule has 0 fully saturated rings. The second-order valence-corrected chi connectivity index (χ2v) is 4.20. The van der Waals surface area contributed by atoms with E-state index in [4.69, 9.17) is 10.5 Å². The average molecular weight is 290 g/mol. The minimum Gasteiger partial charge on any atom is -0.457 e. The molecule has 0 unspecified atom stereocenters. The summed E-state index contributed by atoms with van der Waals surface area (Å²) in [4.78, 5) is 21.9. The van der Waals surface area contributed by atoms with Gasteiger partial charge in [-0.05, 0) is 18.2 Å². The van der Waals surface area contributed by atoms with Crippen LogP contribution in [0.5, 0.6) is 0 Å². The molecule has 0 radical (unpaired) electrons. The van der Waals surface area contributed by atoms with Crippen LogP contribution in [-0.4, -0.2) is 10.9 Å². The molecule has 2 rings (SSSR count). The molecule has 2 aromatic rings. The number of carbonyl (C=O) groups is 1. The molecule has 2 aromatic carbocycles. The number of hydrogen-bond acceptors (Lipinski definition) is 5. The summed E-state index contributed by atoms with van der Waals surface area (Å²) < 4.78 is 18.3. The molecule has 0 saturated heterocycles. The van der Waals surface area contributed by atoms with E-state index in [0.717, 1.165) is 6.07 Å². The summed E-state index contributed by atoms with van der Waals surface area (Å²) in [5.41, 5.74) is 5.20. The maximum absolute atomic E-state index is 13.4. The van der Waals surface area contributed by atoms with Gasteiger partial charge in [0.1, 0.15) is 18.1 Å². The molecule has 2 N–H and O–H groups in total. The van der Waals surface area contributed by atoms with Crippen molar-refractivity contribution in [3.05, 3.63) is 69.5 Å². The molecule has 7 heteroatoms. The van der Waals surface area contributed by atoms with E-state index < -0.39 is 16.7 Å². The van der Waals surface area contributed by atoms with Crippen molar-refractivity contribution in [3.8, 4) is 0 Å². The van der Waals surface area contributed by atoms with Gasteiger partial charge in [-0.15, -0.1) is 0 Å². The molecule has 0 amide bonds. The first-order valence-corrected chi connectivity index (χ1v) is 5.93. The Labute approximate surface area is 119 Å². The first kappa shape index (κ1) is 14.4. The van der Waals surface area contributed by atoms with E-state index in [-0.39, 0.29) is 29.1 Å². The van der Waals surface area contributed by atoms with Crippen LogP contribution in [0.3, 0.4) is 0 Å². The van der Waals surface area contributed by atoms with E-state index in [9.17, 15) is 19.3 Å². The summed E-state index contributed by atoms with van der Waals surface area (Å²) in [7, 11) is 0. The number of benzene rings is 2. The Morgan fingerprint density at radius 3 is 2.67 bits per heavy atom. The summed E-state index contributed by atoms with van der Waals surface area (Å²) in [6.45, 7) is -0.260. The molecule has 0 aliphatic heterocycles. The van der Waals surface area contributed by atoms with Crippen molar-refractivity contribution in [2.75, 3.05) is 5.73 Å². The number of carbonyl (C=O) groups excluding carboxylic acids is 1. The van der Waals surface area contributed by atoms with Gasteiger partial charge < -0.3 is 10.5 Å². The van der Waals surface area contributed by atoms with Crippen molar-refractivity contribution in [3.63, 3.8) is 0 Å². The van der Waals surface area contributed by atoms with Crippen LogP contribution in [0.25, 0.3) is 0 Å². The van der Waals surface area contributed by atoms with Gasteiger partial charge in [0.2, 0.25) is 0 Å². The third-order valence-corrected chi connectivity index (χ3v) is 2.78. The van der Waals surface area contributed by atoms with E-state index in [1.54, 1.807) is 6.07 Å². The Kier molecular flexibility index (Phi) is 4.13. The molecule has 0 saturated carbocycles. The lowest BCUT2D eigenvalue weighted by molar-refractivity contribution is -0.383. The number of nitro benzene ring substituents is 1. The van der Waals surface area contributed by atoms with Gasteiger partial charge in [0.25, 0.3) is 5.69 Å². The van der Waals surface area contributed by atoms with Crippen LogP contribution in [0, 0.1) is 15.9 Å². The topological polar surface area (TPSA) is 95.5 Å². The highest BCUT2D eigenvalue weighted by molar-refractivity contribution is 5.91. The average Bonchev–Trinajstić information content (AvgIpc) is 2.46. The van der Waals surface area contributed by atoms with Gasteiger partial charge in [-0.1, -0.05) is 18.2 Å². The van der Waals surface area contributed by atoms with Gasteiger partial charge in [0.15, 0.2) is 0 Å². The van der Waals surface area contributed by atoms with Crippen molar-refractivity contribution >= 4 is 17.3 Å². The summed E-state index contributed by atoms with van der Waals surface area (Å²) in [5, 5.41) is 10.7. The number of rotatable bonds is 4. The summed E-state index contributed by atoms with van der Waals surface area (Å²) >= 11 is 0. The van der Waals surface area contributed by atoms with Crippen LogP contribution < -0.4 is 5.73 Å². The van der Waals surface area contributed by atoms with Crippen molar-refractivity contribution in [1.82, 2.24) is 0 Å². The number of halogens is 1. The van der Waals surface area contributed by atoms with Crippen molar-refractivity contribution in [2.45, 2.75) is 6.61 Å². The van der Waals surface area contributed by atoms with Gasteiger partial charge >= 0.3 is 5.97 Å². The van der Waals surface area contributed by atoms with Crippen LogP contribution in [0.1, 0.15) is 15.9 Å². The molecule has 108 valence electrons. The maximum atomic E-state index is 13.4. The summed E-state index contributed by atoms with van der Waals surface area (Å²) in [6.07, 6.45) is 0. The minimum absolute atomic E-state index is 0.0211. The lowest BCUT2D eigenvalue weighted by atomic mass is 10.2. The van der Waals surface area contributed by atoms with E-state index in [2.05, 4.69) is 0 Å². The van der Waals surface area contributed by atoms with Crippen LogP contribution in [0.15, 0.2) is 42.5 Å². The van der Waals surface area contributed by atoms with Gasteiger partial charge in [0, 0.05) is 11.6 Å². The lowest BCUT2D eigenvalue weighted by Gasteiger charge is -2.06. The predicted octanol–water partition coefficient (Wildman–Crippen LogP) is 2.67. The van der Waals surface area contributed by atoms with E-state index in [1.165, 1.54) is 30.3 Å². The summed E-state index contributed by atoms with van der Waals surface area (Å²) in [6, 6.07) is 9.44. The second kappa shape index (κ2) is 6.00. The molecule has 21 heavy (non-hydrogen) atoms. The van der Waals surface area contributed by atoms with Crippen LogP contribution in [-0.2, 0) is 11.3 Å². The molecule has 0 spiro atoms. The predicted molar refractivity (Wildman–Crippen MR) is 73.0 cm³/mol. The lowest BCUT2D eigenvalue weighted by Crippen LogP contribution is -2.07. The number of nitrogen functional groups attached to an aromatic ring is 1. The Morgan fingerprint density at radius 1 is 1.29 bits per heavy atom. The third-order valence-electron chi connectivity index (χ3n) is 2.78. The fourth-order valence-electron chi connectivity index (χ4n) is 1.67. The highest BCUT2D eigenvalue weighted by Gasteiger charge is 2.17. The molecular weight excluding hydrogens is 279 g/mol. The van der Waals surface area contributed by atoms with Gasteiger partial charge in [-0.25, -0.2) is 9.18 Å². The highest BCUT2D eigenvalue weighted by Crippen LogP contribution is 2.23. The minimum atomic E-state index is -0.790. The van der Waals surface area contributed by atoms with Crippen LogP contribution in [0.2, 0.25) is 0 Å². The number of nitrogens with zero attached hydrogens (tertiary/aromatic N) is 1. The number of hydrogen-bond donors (Lipinski definition) is 1. The molecule has 0 aliphatic rings. The molecular formula is C14H11FN2O4. The normalized spacial score (nSPS) is 10.1. The van der Waals surface area contributed by atoms with Crippen molar-refractivity contribution in [1.29, 1.82) is 0 Å². The summed E-state index contributed by atoms with van der Waals surface area (Å²) in [5.74, 6) is -1.28. The number of esters is 1. The SMILES string of the molecule is Nc1ccc(C(=O)OCc2ccccc2F)cc1[N+](=O)[O-]. The fourth-order valence-corrected chi connectivity index (χ4v) is 1.67. The Balaban J connectivity index is 2.12. The van der Waals surface area contributed by atoms with E-state index >= 15 is 0 Å². The van der Waals surface area contributed by atoms with Crippen molar-refractivity contribution in [2.24, 2.45) is 0 Å². The smallest absolute Gasteiger partial charge is 0.338 e. The van der Waals surface area contributed by atoms with E-state index in [0.29, 0.717) is 0 Å². The Bertz CT molecular complexity index is 703. The zero-order valence-electron chi connectivity index (χ0n) is 10.8. The van der Waals surface area contributed by atoms with Crippen LogP contribution >= 0.6 is 0 Å². The van der Waals surface area contributed by atoms with Gasteiger partial charge in [-0.2, -0.15) is 0 Å².